The SMILES string of the molecule is Oc1cncc(Cl)c1CBr. The molecule has 0 aliphatic heterocycles. The molecular weight excluding hydrogens is 217 g/mol. The van der Waals surface area contributed by atoms with E-state index in [1.165, 1.54) is 12.4 Å². The minimum absolute atomic E-state index is 0.129. The molecule has 4 heteroatoms. The number of halogens is 2. The zero-order valence-electron chi connectivity index (χ0n) is 5.01. The Morgan fingerprint density at radius 3 is 2.70 bits per heavy atom. The molecular formula is C6H5BrClNO. The third-order valence-electron chi connectivity index (χ3n) is 1.12. The third kappa shape index (κ3) is 1.41. The van der Waals surface area contributed by atoms with Crippen LogP contribution < -0.4 is 0 Å². The highest BCUT2D eigenvalue weighted by Gasteiger charge is 2.03. The van der Waals surface area contributed by atoms with Crippen molar-refractivity contribution in [3.05, 3.63) is 23.0 Å². The Balaban J connectivity index is 3.17. The van der Waals surface area contributed by atoms with Crippen molar-refractivity contribution in [3.63, 3.8) is 0 Å². The van der Waals surface area contributed by atoms with Gasteiger partial charge in [-0.05, 0) is 0 Å². The van der Waals surface area contributed by atoms with E-state index in [1.807, 2.05) is 0 Å². The van der Waals surface area contributed by atoms with Crippen molar-refractivity contribution in [1.29, 1.82) is 0 Å². The van der Waals surface area contributed by atoms with Gasteiger partial charge in [0, 0.05) is 17.1 Å². The zero-order chi connectivity index (χ0) is 7.56. The first kappa shape index (κ1) is 7.82. The number of pyridine rings is 1. The van der Waals surface area contributed by atoms with Crippen LogP contribution >= 0.6 is 27.5 Å². The zero-order valence-corrected chi connectivity index (χ0v) is 7.35. The summed E-state index contributed by atoms with van der Waals surface area (Å²) in [6, 6.07) is 0. The largest absolute Gasteiger partial charge is 0.506 e. The average Bonchev–Trinajstić information content (AvgIpc) is 1.88. The maximum atomic E-state index is 9.11. The molecule has 0 amide bonds. The Kier molecular flexibility index (Phi) is 2.51. The Morgan fingerprint density at radius 2 is 2.30 bits per heavy atom. The van der Waals surface area contributed by atoms with Crippen LogP contribution in [0, 0.1) is 0 Å². The second kappa shape index (κ2) is 3.21. The molecule has 0 aliphatic carbocycles. The molecule has 1 rings (SSSR count). The van der Waals surface area contributed by atoms with Crippen molar-refractivity contribution in [2.75, 3.05) is 0 Å². The fourth-order valence-electron chi connectivity index (χ4n) is 0.584. The van der Waals surface area contributed by atoms with Gasteiger partial charge < -0.3 is 5.11 Å². The van der Waals surface area contributed by atoms with Crippen molar-refractivity contribution in [2.24, 2.45) is 0 Å². The predicted octanol–water partition coefficient (Wildman–Crippen LogP) is 2.34. The number of aromatic nitrogens is 1. The Hall–Kier alpha value is -0.280. The molecule has 0 saturated heterocycles. The normalized spacial score (nSPS) is 9.80. The smallest absolute Gasteiger partial charge is 0.139 e. The minimum atomic E-state index is 0.129. The van der Waals surface area contributed by atoms with E-state index < -0.39 is 0 Å². The van der Waals surface area contributed by atoms with E-state index in [0.717, 1.165) is 0 Å². The van der Waals surface area contributed by atoms with Gasteiger partial charge in [-0.3, -0.25) is 4.98 Å². The summed E-state index contributed by atoms with van der Waals surface area (Å²) in [5, 5.41) is 10.1. The van der Waals surface area contributed by atoms with Gasteiger partial charge in [0.25, 0.3) is 0 Å². The van der Waals surface area contributed by atoms with Crippen molar-refractivity contribution in [1.82, 2.24) is 4.98 Å². The van der Waals surface area contributed by atoms with Crippen molar-refractivity contribution < 1.29 is 5.11 Å². The first-order valence-corrected chi connectivity index (χ1v) is 4.13. The molecule has 0 spiro atoms. The lowest BCUT2D eigenvalue weighted by molar-refractivity contribution is 0.468. The topological polar surface area (TPSA) is 33.1 Å². The molecule has 0 aliphatic rings. The molecule has 0 saturated carbocycles. The summed E-state index contributed by atoms with van der Waals surface area (Å²) in [6.45, 7) is 0. The van der Waals surface area contributed by atoms with Crippen LogP contribution in [-0.2, 0) is 5.33 Å². The van der Waals surface area contributed by atoms with Crippen LogP contribution in [0.1, 0.15) is 5.56 Å². The van der Waals surface area contributed by atoms with Crippen LogP contribution in [0.15, 0.2) is 12.4 Å². The molecule has 2 nitrogen and oxygen atoms in total. The van der Waals surface area contributed by atoms with Crippen LogP contribution in [0.3, 0.4) is 0 Å². The van der Waals surface area contributed by atoms with Crippen LogP contribution in [0.4, 0.5) is 0 Å². The minimum Gasteiger partial charge on any atom is -0.506 e. The third-order valence-corrected chi connectivity index (χ3v) is 2.00. The monoisotopic (exact) mass is 221 g/mol. The van der Waals surface area contributed by atoms with E-state index in [4.69, 9.17) is 16.7 Å². The summed E-state index contributed by atoms with van der Waals surface area (Å²) in [4.78, 5) is 3.69. The molecule has 0 aromatic carbocycles. The molecule has 1 N–H and O–H groups in total. The summed E-state index contributed by atoms with van der Waals surface area (Å²) >= 11 is 8.86. The standard InChI is InChI=1S/C6H5BrClNO/c7-1-4-5(8)2-9-3-6(4)10/h2-3,10H,1H2. The van der Waals surface area contributed by atoms with Crippen LogP contribution in [0.2, 0.25) is 5.02 Å². The van der Waals surface area contributed by atoms with Gasteiger partial charge in [-0.2, -0.15) is 0 Å². The molecule has 0 radical (unpaired) electrons. The van der Waals surface area contributed by atoms with Crippen molar-refractivity contribution in [2.45, 2.75) is 5.33 Å². The van der Waals surface area contributed by atoms with E-state index in [2.05, 4.69) is 20.9 Å². The number of nitrogens with zero attached hydrogens (tertiary/aromatic N) is 1. The molecule has 0 bridgehead atoms. The van der Waals surface area contributed by atoms with Crippen LogP contribution in [0.25, 0.3) is 0 Å². The molecule has 54 valence electrons. The van der Waals surface area contributed by atoms with E-state index in [0.29, 0.717) is 15.9 Å². The fraction of sp³-hybridized carbons (Fsp3) is 0.167. The molecule has 10 heavy (non-hydrogen) atoms. The number of alkyl halides is 1. The summed E-state index contributed by atoms with van der Waals surface area (Å²) in [6.07, 6.45) is 2.86. The fourth-order valence-corrected chi connectivity index (χ4v) is 1.55. The van der Waals surface area contributed by atoms with Gasteiger partial charge >= 0.3 is 0 Å². The van der Waals surface area contributed by atoms with Crippen LogP contribution in [0.5, 0.6) is 5.75 Å². The van der Waals surface area contributed by atoms with Gasteiger partial charge in [-0.1, -0.05) is 27.5 Å². The lowest BCUT2D eigenvalue weighted by Gasteiger charge is -1.99. The average molecular weight is 222 g/mol. The molecule has 0 unspecified atom stereocenters. The lowest BCUT2D eigenvalue weighted by Crippen LogP contribution is -1.82. The van der Waals surface area contributed by atoms with Gasteiger partial charge in [-0.25, -0.2) is 0 Å². The van der Waals surface area contributed by atoms with E-state index >= 15 is 0 Å². The first-order valence-electron chi connectivity index (χ1n) is 2.63. The van der Waals surface area contributed by atoms with E-state index in [-0.39, 0.29) is 5.75 Å². The number of aromatic hydroxyl groups is 1. The van der Waals surface area contributed by atoms with Crippen molar-refractivity contribution in [3.8, 4) is 5.75 Å². The number of hydrogen-bond donors (Lipinski definition) is 1. The van der Waals surface area contributed by atoms with Crippen LogP contribution in [-0.4, -0.2) is 10.1 Å². The maximum Gasteiger partial charge on any atom is 0.139 e. The molecule has 0 atom stereocenters. The Morgan fingerprint density at radius 1 is 1.60 bits per heavy atom. The Labute approximate surface area is 72.0 Å². The van der Waals surface area contributed by atoms with Gasteiger partial charge in [0.05, 0.1) is 11.2 Å². The summed E-state index contributed by atoms with van der Waals surface area (Å²) in [5.74, 6) is 0.129. The van der Waals surface area contributed by atoms with E-state index in [9.17, 15) is 0 Å². The summed E-state index contributed by atoms with van der Waals surface area (Å²) in [5.41, 5.74) is 0.677. The molecule has 1 heterocycles. The molecule has 1 aromatic rings. The predicted molar refractivity (Wildman–Crippen MR) is 43.5 cm³/mol. The van der Waals surface area contributed by atoms with E-state index in [1.54, 1.807) is 0 Å². The summed E-state index contributed by atoms with van der Waals surface area (Å²) < 4.78 is 0. The second-order valence-corrected chi connectivity index (χ2v) is 2.72. The van der Waals surface area contributed by atoms with Gasteiger partial charge in [-0.15, -0.1) is 0 Å². The lowest BCUT2D eigenvalue weighted by atomic mass is 10.3. The highest BCUT2D eigenvalue weighted by atomic mass is 79.9. The number of hydrogen-bond acceptors (Lipinski definition) is 2. The van der Waals surface area contributed by atoms with Crippen molar-refractivity contribution >= 4 is 27.5 Å². The molecule has 0 fully saturated rings. The van der Waals surface area contributed by atoms with Gasteiger partial charge in [0.15, 0.2) is 0 Å². The van der Waals surface area contributed by atoms with Gasteiger partial charge in [0.1, 0.15) is 5.75 Å². The highest BCUT2D eigenvalue weighted by molar-refractivity contribution is 9.08. The second-order valence-electron chi connectivity index (χ2n) is 1.75. The first-order chi connectivity index (χ1) is 4.75. The van der Waals surface area contributed by atoms with Gasteiger partial charge in [0.2, 0.25) is 0 Å². The quantitative estimate of drug-likeness (QED) is 0.740. The Bertz CT molecular complexity index is 221. The highest BCUT2D eigenvalue weighted by Crippen LogP contribution is 2.25. The molecule has 1 aromatic heterocycles. The summed E-state index contributed by atoms with van der Waals surface area (Å²) in [7, 11) is 0. The number of rotatable bonds is 1. The maximum absolute atomic E-state index is 9.11.